The van der Waals surface area contributed by atoms with Crippen LogP contribution in [-0.2, 0) is 0 Å². The maximum Gasteiger partial charge on any atom is 0.336 e. The van der Waals surface area contributed by atoms with Gasteiger partial charge in [-0.25, -0.2) is 9.78 Å². The molecule has 0 aliphatic rings. The summed E-state index contributed by atoms with van der Waals surface area (Å²) in [6, 6.07) is 18.1. The largest absolute Gasteiger partial charge is 0.478 e. The Morgan fingerprint density at radius 2 is 1.72 bits per heavy atom. The molecule has 6 nitrogen and oxygen atoms in total. The molecule has 0 saturated carbocycles. The second-order valence-electron chi connectivity index (χ2n) is 6.69. The van der Waals surface area contributed by atoms with Gasteiger partial charge < -0.3 is 10.4 Å². The normalized spacial score (nSPS) is 10.8. The number of carbonyl (C=O) groups excluding carboxylic acids is 2. The first-order chi connectivity index (χ1) is 15.4. The SMILES string of the molecule is O=C(CSc1nc2ccc(NC(=O)c3ccccc3C(=O)O)cc2s1)c1ccc(Cl)cc1. The average Bonchev–Trinajstić information content (AvgIpc) is 3.20. The quantitative estimate of drug-likeness (QED) is 0.252. The summed E-state index contributed by atoms with van der Waals surface area (Å²) < 4.78 is 1.58. The molecular weight excluding hydrogens is 468 g/mol. The van der Waals surface area contributed by atoms with Gasteiger partial charge in [0.1, 0.15) is 0 Å². The van der Waals surface area contributed by atoms with Crippen molar-refractivity contribution >= 4 is 68.3 Å². The summed E-state index contributed by atoms with van der Waals surface area (Å²) in [5.74, 6) is -1.44. The molecule has 1 aromatic heterocycles. The zero-order valence-corrected chi connectivity index (χ0v) is 18.8. The zero-order chi connectivity index (χ0) is 22.7. The number of thiazole rings is 1. The van der Waals surface area contributed by atoms with Crippen molar-refractivity contribution in [3.63, 3.8) is 0 Å². The Hall–Kier alpha value is -3.20. The van der Waals surface area contributed by atoms with Crippen molar-refractivity contribution in [1.82, 2.24) is 4.98 Å². The first kappa shape index (κ1) is 22.0. The maximum atomic E-state index is 12.6. The zero-order valence-electron chi connectivity index (χ0n) is 16.4. The van der Waals surface area contributed by atoms with Crippen LogP contribution in [0.1, 0.15) is 31.1 Å². The number of halogens is 1. The summed E-state index contributed by atoms with van der Waals surface area (Å²) in [6.45, 7) is 0. The number of fused-ring (bicyclic) bond motifs is 1. The predicted molar refractivity (Wildman–Crippen MR) is 127 cm³/mol. The van der Waals surface area contributed by atoms with Crippen molar-refractivity contribution in [1.29, 1.82) is 0 Å². The van der Waals surface area contributed by atoms with Gasteiger partial charge in [0.25, 0.3) is 5.91 Å². The standard InChI is InChI=1S/C23H15ClN2O4S2/c24-14-7-5-13(6-8-14)19(27)12-31-23-26-18-10-9-15(11-20(18)32-23)25-21(28)16-3-1-2-4-17(16)22(29)30/h1-11H,12H2,(H,25,28)(H,29,30). The molecular formula is C23H15ClN2O4S2. The minimum absolute atomic E-state index is 0.0176. The molecule has 3 aromatic carbocycles. The fraction of sp³-hybridized carbons (Fsp3) is 0.0435. The number of carbonyl (C=O) groups is 3. The van der Waals surface area contributed by atoms with E-state index in [9.17, 15) is 19.5 Å². The van der Waals surface area contributed by atoms with Crippen molar-refractivity contribution < 1.29 is 19.5 Å². The molecule has 0 bridgehead atoms. The summed E-state index contributed by atoms with van der Waals surface area (Å²) in [5, 5.41) is 12.6. The molecule has 1 amide bonds. The van der Waals surface area contributed by atoms with Gasteiger partial charge in [-0.15, -0.1) is 11.3 Å². The number of hydrogen-bond donors (Lipinski definition) is 2. The van der Waals surface area contributed by atoms with Crippen LogP contribution < -0.4 is 5.32 Å². The molecule has 0 spiro atoms. The number of ketones is 1. The van der Waals surface area contributed by atoms with E-state index < -0.39 is 11.9 Å². The molecule has 4 rings (SSSR count). The Kier molecular flexibility index (Phi) is 6.55. The van der Waals surface area contributed by atoms with E-state index in [0.29, 0.717) is 16.3 Å². The Labute approximate surface area is 196 Å². The number of aromatic nitrogens is 1. The fourth-order valence-corrected chi connectivity index (χ4v) is 5.08. The van der Waals surface area contributed by atoms with Gasteiger partial charge in [0.15, 0.2) is 10.1 Å². The summed E-state index contributed by atoms with van der Waals surface area (Å²) in [5.41, 5.74) is 1.89. The molecule has 0 fully saturated rings. The lowest BCUT2D eigenvalue weighted by Crippen LogP contribution is -2.16. The van der Waals surface area contributed by atoms with Gasteiger partial charge in [0, 0.05) is 16.3 Å². The molecule has 2 N–H and O–H groups in total. The molecule has 1 heterocycles. The second kappa shape index (κ2) is 9.52. The van der Waals surface area contributed by atoms with E-state index in [1.165, 1.54) is 35.2 Å². The van der Waals surface area contributed by atoms with Crippen LogP contribution in [0, 0.1) is 0 Å². The number of hydrogen-bond acceptors (Lipinski definition) is 6. The highest BCUT2D eigenvalue weighted by atomic mass is 35.5. The number of anilines is 1. The van der Waals surface area contributed by atoms with Crippen LogP contribution in [0.3, 0.4) is 0 Å². The van der Waals surface area contributed by atoms with Gasteiger partial charge in [-0.1, -0.05) is 35.5 Å². The topological polar surface area (TPSA) is 96.4 Å². The van der Waals surface area contributed by atoms with Crippen molar-refractivity contribution in [3.8, 4) is 0 Å². The summed E-state index contributed by atoms with van der Waals surface area (Å²) >= 11 is 8.62. The number of Topliss-reactive ketones (excluding diaryl/α,β-unsaturated/α-hetero) is 1. The van der Waals surface area contributed by atoms with Crippen LogP contribution in [0.4, 0.5) is 5.69 Å². The predicted octanol–water partition coefficient (Wildman–Crippen LogP) is 5.88. The van der Waals surface area contributed by atoms with Crippen LogP contribution >= 0.6 is 34.7 Å². The lowest BCUT2D eigenvalue weighted by Gasteiger charge is -2.07. The van der Waals surface area contributed by atoms with Crippen molar-refractivity contribution in [2.75, 3.05) is 11.1 Å². The fourth-order valence-electron chi connectivity index (χ4n) is 2.96. The molecule has 0 aliphatic carbocycles. The number of nitrogens with one attached hydrogen (secondary N) is 1. The highest BCUT2D eigenvalue weighted by molar-refractivity contribution is 8.01. The second-order valence-corrected chi connectivity index (χ2v) is 9.38. The van der Waals surface area contributed by atoms with Crippen LogP contribution in [-0.4, -0.2) is 33.5 Å². The van der Waals surface area contributed by atoms with Crippen LogP contribution in [0.5, 0.6) is 0 Å². The number of carboxylic acid groups (broad SMARTS) is 1. The Balaban J connectivity index is 1.46. The third-order valence-corrected chi connectivity index (χ3v) is 6.93. The number of carboxylic acids is 1. The number of thioether (sulfide) groups is 1. The third-order valence-electron chi connectivity index (χ3n) is 4.52. The molecule has 0 unspecified atom stereocenters. The van der Waals surface area contributed by atoms with Crippen molar-refractivity contribution in [3.05, 3.63) is 88.4 Å². The third kappa shape index (κ3) is 4.99. The maximum absolute atomic E-state index is 12.6. The van der Waals surface area contributed by atoms with E-state index in [1.807, 2.05) is 0 Å². The van der Waals surface area contributed by atoms with E-state index >= 15 is 0 Å². The van der Waals surface area contributed by atoms with Crippen LogP contribution in [0.25, 0.3) is 10.2 Å². The Bertz CT molecular complexity index is 1340. The van der Waals surface area contributed by atoms with Gasteiger partial charge >= 0.3 is 5.97 Å². The molecule has 0 saturated heterocycles. The van der Waals surface area contributed by atoms with E-state index in [2.05, 4.69) is 10.3 Å². The van der Waals surface area contributed by atoms with Crippen LogP contribution in [0.2, 0.25) is 5.02 Å². The van der Waals surface area contributed by atoms with Gasteiger partial charge in [-0.05, 0) is 54.6 Å². The van der Waals surface area contributed by atoms with Gasteiger partial charge in [-0.3, -0.25) is 9.59 Å². The molecule has 0 atom stereocenters. The minimum Gasteiger partial charge on any atom is -0.478 e. The number of amides is 1. The summed E-state index contributed by atoms with van der Waals surface area (Å²) in [7, 11) is 0. The Morgan fingerprint density at radius 3 is 2.44 bits per heavy atom. The highest BCUT2D eigenvalue weighted by Crippen LogP contribution is 2.32. The molecule has 32 heavy (non-hydrogen) atoms. The van der Waals surface area contributed by atoms with E-state index in [-0.39, 0.29) is 22.7 Å². The summed E-state index contributed by atoms with van der Waals surface area (Å²) in [6.07, 6.45) is 0. The number of aromatic carboxylic acids is 1. The smallest absolute Gasteiger partial charge is 0.336 e. The molecule has 0 aliphatic heterocycles. The highest BCUT2D eigenvalue weighted by Gasteiger charge is 2.16. The number of rotatable bonds is 7. The molecule has 160 valence electrons. The van der Waals surface area contributed by atoms with E-state index in [1.54, 1.807) is 54.6 Å². The van der Waals surface area contributed by atoms with Gasteiger partial charge in [-0.2, -0.15) is 0 Å². The molecule has 9 heteroatoms. The van der Waals surface area contributed by atoms with Crippen LogP contribution in [0.15, 0.2) is 71.1 Å². The number of nitrogens with zero attached hydrogens (tertiary/aromatic N) is 1. The summed E-state index contributed by atoms with van der Waals surface area (Å²) in [4.78, 5) is 40.8. The van der Waals surface area contributed by atoms with Gasteiger partial charge in [0.2, 0.25) is 0 Å². The molecule has 4 aromatic rings. The van der Waals surface area contributed by atoms with E-state index in [4.69, 9.17) is 11.6 Å². The first-order valence-electron chi connectivity index (χ1n) is 9.36. The van der Waals surface area contributed by atoms with E-state index in [0.717, 1.165) is 14.6 Å². The molecule has 0 radical (unpaired) electrons. The lowest BCUT2D eigenvalue weighted by molar-refractivity contribution is 0.0692. The monoisotopic (exact) mass is 482 g/mol. The van der Waals surface area contributed by atoms with Gasteiger partial charge in [0.05, 0.1) is 27.1 Å². The number of benzene rings is 3. The average molecular weight is 483 g/mol. The lowest BCUT2D eigenvalue weighted by atomic mass is 10.1. The first-order valence-corrected chi connectivity index (χ1v) is 11.5. The van der Waals surface area contributed by atoms with Crippen molar-refractivity contribution in [2.45, 2.75) is 4.34 Å². The Morgan fingerprint density at radius 1 is 1.00 bits per heavy atom. The van der Waals surface area contributed by atoms with Crippen molar-refractivity contribution in [2.24, 2.45) is 0 Å². The minimum atomic E-state index is -1.16.